The van der Waals surface area contributed by atoms with Gasteiger partial charge in [0.1, 0.15) is 11.7 Å². The van der Waals surface area contributed by atoms with Crippen LogP contribution in [-0.4, -0.2) is 176 Å². The van der Waals surface area contributed by atoms with Crippen molar-refractivity contribution in [2.24, 2.45) is 0 Å². The number of carboxylic acid groups (broad SMARTS) is 1. The number of nitrogens with zero attached hydrogens (tertiary/aromatic N) is 5. The third-order valence-electron chi connectivity index (χ3n) is 12.2. The van der Waals surface area contributed by atoms with Crippen molar-refractivity contribution in [1.29, 1.82) is 0 Å². The number of amides is 1. The number of aromatic amines is 1. The number of nitrogens with one attached hydrogen (secondary N) is 9. The highest BCUT2D eigenvalue weighted by Gasteiger charge is 2.25. The van der Waals surface area contributed by atoms with E-state index in [1.165, 1.54) is 18.3 Å². The van der Waals surface area contributed by atoms with Crippen LogP contribution in [0.4, 0.5) is 11.6 Å². The first-order valence-electron chi connectivity index (χ1n) is 24.7. The van der Waals surface area contributed by atoms with Crippen molar-refractivity contribution in [1.82, 2.24) is 67.0 Å². The minimum Gasteiger partial charge on any atom is -0.480 e. The SMILES string of the molecule is Nc1nc2ncc(CNc3ccc(C(=O)NC(CCC(=O)[B]C(=O)c4cc(CN5CCCNCCNCCCNCC5)ccc4CN4CCCNCCNCCCNCC4)C(=O)O)cc3)nc2c(=O)[nH]1. The maximum absolute atomic E-state index is 14.2. The Hall–Kier alpha value is -5.72. The lowest BCUT2D eigenvalue weighted by Crippen LogP contribution is -2.41. The average molecular weight is 965 g/mol. The second-order valence-electron chi connectivity index (χ2n) is 17.8. The van der Waals surface area contributed by atoms with Gasteiger partial charge in [-0.1, -0.05) is 12.1 Å². The summed E-state index contributed by atoms with van der Waals surface area (Å²) in [4.78, 5) is 85.2. The molecule has 70 heavy (non-hydrogen) atoms. The number of hydrogen-bond acceptors (Lipinski definition) is 18. The molecule has 12 N–H and O–H groups in total. The Kier molecular flexibility index (Phi) is 22.6. The van der Waals surface area contributed by atoms with E-state index in [1.54, 1.807) is 12.1 Å². The van der Waals surface area contributed by atoms with Gasteiger partial charge < -0.3 is 63.0 Å². The van der Waals surface area contributed by atoms with E-state index >= 15 is 0 Å². The Labute approximate surface area is 410 Å². The van der Waals surface area contributed by atoms with Gasteiger partial charge in [-0.2, -0.15) is 4.98 Å². The highest BCUT2D eigenvalue weighted by molar-refractivity contribution is 6.99. The number of rotatable bonds is 16. The van der Waals surface area contributed by atoms with Crippen molar-refractivity contribution in [2.75, 3.05) is 116 Å². The summed E-state index contributed by atoms with van der Waals surface area (Å²) in [6.45, 7) is 15.6. The normalized spacial score (nSPS) is 17.6. The van der Waals surface area contributed by atoms with Gasteiger partial charge in [-0.3, -0.25) is 24.4 Å². The fourth-order valence-electron chi connectivity index (χ4n) is 8.31. The van der Waals surface area contributed by atoms with Crippen LogP contribution >= 0.6 is 0 Å². The standard InChI is InChI=1S/C48H71BN15O6/c50-48-61-44-42(46(68)62-48)59-38(31-58-44)30-57-37-9-7-35(8-10-37)45(67)60-40(47(69)70)11-12-41(65)49-43(66)39-29-34(32-63-25-3-17-53-21-19-51-13-1-15-55-23-27-63)5-6-36(39)33-64-26-4-18-54-22-20-52-14-2-16-56-24-28-64/h5-10,29,31,40,51-57H,1-4,11-28,30,32-33H2,(H,60,67)(H,69,70)(H3,50,58,61,62,68). The zero-order valence-electron chi connectivity index (χ0n) is 40.3. The van der Waals surface area contributed by atoms with Crippen LogP contribution in [0.5, 0.6) is 0 Å². The molecule has 2 aliphatic heterocycles. The third kappa shape index (κ3) is 18.6. The first kappa shape index (κ1) is 53.6. The topological polar surface area (TPSA) is 289 Å². The van der Waals surface area contributed by atoms with Crippen molar-refractivity contribution in [3.05, 3.63) is 87.0 Å². The smallest absolute Gasteiger partial charge is 0.326 e. The van der Waals surface area contributed by atoms with Gasteiger partial charge in [-0.05, 0) is 132 Å². The monoisotopic (exact) mass is 965 g/mol. The van der Waals surface area contributed by atoms with Gasteiger partial charge in [0.15, 0.2) is 11.2 Å². The fraction of sp³-hybridized carbons (Fsp3) is 0.542. The molecule has 22 heteroatoms. The summed E-state index contributed by atoms with van der Waals surface area (Å²) in [5.74, 6) is -2.00. The first-order chi connectivity index (χ1) is 34.1. The van der Waals surface area contributed by atoms with Crippen LogP contribution in [0.25, 0.3) is 11.2 Å². The Morgan fingerprint density at radius 2 is 1.33 bits per heavy atom. The second kappa shape index (κ2) is 29.5. The number of nitrogens with two attached hydrogens (primary N) is 1. The molecule has 1 unspecified atom stereocenters. The summed E-state index contributed by atoms with van der Waals surface area (Å²) in [6, 6.07) is 11.0. The lowest BCUT2D eigenvalue weighted by atomic mass is 9.64. The molecule has 1 amide bonds. The van der Waals surface area contributed by atoms with Gasteiger partial charge in [-0.15, -0.1) is 0 Å². The lowest BCUT2D eigenvalue weighted by Gasteiger charge is -2.26. The predicted molar refractivity (Wildman–Crippen MR) is 272 cm³/mol. The number of benzene rings is 2. The molecule has 377 valence electrons. The molecule has 0 saturated carbocycles. The Morgan fingerprint density at radius 1 is 0.729 bits per heavy atom. The summed E-state index contributed by atoms with van der Waals surface area (Å²) in [5.41, 5.74) is 7.87. The lowest BCUT2D eigenvalue weighted by molar-refractivity contribution is -0.139. The largest absolute Gasteiger partial charge is 0.480 e. The van der Waals surface area contributed by atoms with Gasteiger partial charge in [0.2, 0.25) is 5.95 Å². The van der Waals surface area contributed by atoms with Gasteiger partial charge >= 0.3 is 5.97 Å². The molecular formula is C48H71BN15O6. The number of carbonyl (C=O) groups is 4. The van der Waals surface area contributed by atoms with Crippen molar-refractivity contribution in [3.63, 3.8) is 0 Å². The zero-order chi connectivity index (χ0) is 49.3. The fourth-order valence-corrected chi connectivity index (χ4v) is 8.31. The Balaban J connectivity index is 1.08. The molecule has 4 heterocycles. The van der Waals surface area contributed by atoms with Gasteiger partial charge in [-0.25, -0.2) is 14.8 Å². The van der Waals surface area contributed by atoms with Crippen LogP contribution in [0.1, 0.15) is 76.1 Å². The summed E-state index contributed by atoms with van der Waals surface area (Å²) in [6.07, 6.45) is 4.99. The molecule has 4 aromatic rings. The number of fused-ring (bicyclic) bond motifs is 1. The van der Waals surface area contributed by atoms with Crippen LogP contribution < -0.4 is 53.8 Å². The first-order valence-corrected chi connectivity index (χ1v) is 24.7. The summed E-state index contributed by atoms with van der Waals surface area (Å²) in [7, 11) is 1.08. The van der Waals surface area contributed by atoms with Gasteiger partial charge in [0.25, 0.3) is 18.7 Å². The van der Waals surface area contributed by atoms with Gasteiger partial charge in [0, 0.05) is 82.3 Å². The molecule has 2 aromatic heterocycles. The summed E-state index contributed by atoms with van der Waals surface area (Å²) >= 11 is 0. The minimum absolute atomic E-state index is 0.0509. The second-order valence-corrected chi connectivity index (χ2v) is 17.8. The molecule has 0 bridgehead atoms. The van der Waals surface area contributed by atoms with Crippen molar-refractivity contribution in [3.8, 4) is 0 Å². The number of aliphatic carboxylic acids is 1. The van der Waals surface area contributed by atoms with E-state index in [2.05, 4.69) is 78.3 Å². The molecule has 6 rings (SSSR count). The predicted octanol–water partition coefficient (Wildman–Crippen LogP) is -0.329. The van der Waals surface area contributed by atoms with Crippen molar-refractivity contribution < 1.29 is 24.3 Å². The van der Waals surface area contributed by atoms with Crippen molar-refractivity contribution in [2.45, 2.75) is 64.2 Å². The molecule has 2 saturated heterocycles. The van der Waals surface area contributed by atoms with E-state index in [4.69, 9.17) is 5.73 Å². The Morgan fingerprint density at radius 3 is 1.96 bits per heavy atom. The van der Waals surface area contributed by atoms with E-state index < -0.39 is 34.8 Å². The summed E-state index contributed by atoms with van der Waals surface area (Å²) < 4.78 is 0. The quantitative estimate of drug-likeness (QED) is 0.0642. The number of carbonyl (C=O) groups excluding carboxylic acids is 3. The molecule has 1 atom stereocenters. The van der Waals surface area contributed by atoms with E-state index in [9.17, 15) is 29.1 Å². The Bertz CT molecular complexity index is 2330. The van der Waals surface area contributed by atoms with E-state index in [-0.39, 0.29) is 42.1 Å². The highest BCUT2D eigenvalue weighted by atomic mass is 16.4. The molecule has 0 aliphatic carbocycles. The minimum atomic E-state index is -1.38. The molecule has 21 nitrogen and oxygen atoms in total. The van der Waals surface area contributed by atoms with E-state index in [1.807, 2.05) is 12.1 Å². The van der Waals surface area contributed by atoms with E-state index in [0.717, 1.165) is 149 Å². The number of aromatic nitrogens is 4. The molecular weight excluding hydrogens is 893 g/mol. The molecule has 2 aliphatic rings. The third-order valence-corrected chi connectivity index (χ3v) is 12.2. The van der Waals surface area contributed by atoms with Crippen LogP contribution in [0.15, 0.2) is 53.5 Å². The maximum Gasteiger partial charge on any atom is 0.326 e. The number of nitrogen functional groups attached to an aromatic ring is 1. The van der Waals surface area contributed by atoms with Crippen LogP contribution in [0.2, 0.25) is 0 Å². The summed E-state index contributed by atoms with van der Waals surface area (Å²) in [5, 5.41) is 36.9. The molecule has 2 aromatic carbocycles. The van der Waals surface area contributed by atoms with Crippen LogP contribution in [0.3, 0.4) is 0 Å². The molecule has 2 fully saturated rings. The number of anilines is 2. The number of hydrogen-bond donors (Lipinski definition) is 11. The zero-order valence-corrected chi connectivity index (χ0v) is 40.3. The average Bonchev–Trinajstić information content (AvgIpc) is 3.34. The van der Waals surface area contributed by atoms with Gasteiger partial charge in [0.05, 0.1) is 24.1 Å². The maximum atomic E-state index is 14.2. The van der Waals surface area contributed by atoms with Crippen LogP contribution in [-0.2, 0) is 29.2 Å². The number of H-pyrrole nitrogens is 1. The molecule has 1 radical (unpaired) electrons. The molecule has 0 spiro atoms. The van der Waals surface area contributed by atoms with Crippen LogP contribution in [0, 0.1) is 0 Å². The van der Waals surface area contributed by atoms with Crippen molar-refractivity contribution >= 4 is 53.3 Å². The number of carboxylic acids is 1. The van der Waals surface area contributed by atoms with E-state index in [0.29, 0.717) is 30.0 Å². The highest BCUT2D eigenvalue weighted by Crippen LogP contribution is 2.19.